The van der Waals surface area contributed by atoms with Crippen LogP contribution in [0.25, 0.3) is 5.65 Å². The second-order valence-electron chi connectivity index (χ2n) is 4.03. The number of rotatable bonds is 3. The third kappa shape index (κ3) is 2.39. The Morgan fingerprint density at radius 3 is 2.89 bits per heavy atom. The molecule has 8 heteroatoms. The molecule has 19 heavy (non-hydrogen) atoms. The summed E-state index contributed by atoms with van der Waals surface area (Å²) >= 11 is 7.43. The minimum absolute atomic E-state index is 0.674. The molecule has 0 atom stereocenters. The van der Waals surface area contributed by atoms with E-state index in [1.165, 1.54) is 16.4 Å². The number of nitrogens with two attached hydrogens (primary N) is 1. The molecular formula is C11H11ClN6S. The molecular weight excluding hydrogens is 284 g/mol. The van der Waals surface area contributed by atoms with Crippen molar-refractivity contribution in [1.82, 2.24) is 24.3 Å². The van der Waals surface area contributed by atoms with Gasteiger partial charge in [-0.25, -0.2) is 9.66 Å². The van der Waals surface area contributed by atoms with Gasteiger partial charge < -0.3 is 10.2 Å². The predicted molar refractivity (Wildman–Crippen MR) is 74.7 cm³/mol. The van der Waals surface area contributed by atoms with Gasteiger partial charge in [0.15, 0.2) is 0 Å². The molecule has 0 bridgehead atoms. The number of aryl methyl sites for hydroxylation is 1. The van der Waals surface area contributed by atoms with Crippen molar-refractivity contribution in [3.05, 3.63) is 41.1 Å². The van der Waals surface area contributed by atoms with E-state index < -0.39 is 0 Å². The van der Waals surface area contributed by atoms with E-state index in [9.17, 15) is 0 Å². The van der Waals surface area contributed by atoms with E-state index in [0.717, 1.165) is 11.3 Å². The molecule has 3 rings (SSSR count). The van der Waals surface area contributed by atoms with Gasteiger partial charge in [0.1, 0.15) is 11.5 Å². The van der Waals surface area contributed by atoms with Crippen LogP contribution in [0.3, 0.4) is 0 Å². The SMILES string of the molecule is Cc1nnc(SCc2cn3cc(Cl)ccc3n2)n1N. The molecule has 0 saturated carbocycles. The lowest BCUT2D eigenvalue weighted by Crippen LogP contribution is -2.11. The van der Waals surface area contributed by atoms with Gasteiger partial charge in [-0.2, -0.15) is 0 Å². The quantitative estimate of drug-likeness (QED) is 0.590. The zero-order chi connectivity index (χ0) is 13.4. The first-order valence-corrected chi connectivity index (χ1v) is 6.93. The van der Waals surface area contributed by atoms with E-state index in [1.54, 1.807) is 0 Å². The van der Waals surface area contributed by atoms with Crippen LogP contribution in [0.5, 0.6) is 0 Å². The molecule has 0 aliphatic carbocycles. The summed E-state index contributed by atoms with van der Waals surface area (Å²) in [6.07, 6.45) is 3.77. The normalized spacial score (nSPS) is 11.3. The second-order valence-corrected chi connectivity index (χ2v) is 5.41. The second kappa shape index (κ2) is 4.75. The molecule has 3 aromatic heterocycles. The molecule has 98 valence electrons. The van der Waals surface area contributed by atoms with Crippen LogP contribution in [-0.2, 0) is 5.75 Å². The average molecular weight is 295 g/mol. The highest BCUT2D eigenvalue weighted by Crippen LogP contribution is 2.20. The molecule has 0 aromatic carbocycles. The highest BCUT2D eigenvalue weighted by atomic mass is 35.5. The molecule has 0 spiro atoms. The van der Waals surface area contributed by atoms with Gasteiger partial charge in [0.05, 0.1) is 10.7 Å². The van der Waals surface area contributed by atoms with Gasteiger partial charge in [0.2, 0.25) is 5.16 Å². The smallest absolute Gasteiger partial charge is 0.210 e. The van der Waals surface area contributed by atoms with Gasteiger partial charge in [-0.15, -0.1) is 10.2 Å². The fourth-order valence-electron chi connectivity index (χ4n) is 1.67. The maximum atomic E-state index is 5.93. The molecule has 0 aliphatic heterocycles. The van der Waals surface area contributed by atoms with Gasteiger partial charge in [-0.05, 0) is 19.1 Å². The van der Waals surface area contributed by atoms with Crippen molar-refractivity contribution in [2.45, 2.75) is 17.8 Å². The maximum absolute atomic E-state index is 5.93. The minimum Gasteiger partial charge on any atom is -0.336 e. The van der Waals surface area contributed by atoms with Crippen molar-refractivity contribution < 1.29 is 0 Å². The summed E-state index contributed by atoms with van der Waals surface area (Å²) in [5, 5.41) is 9.26. The first-order valence-electron chi connectivity index (χ1n) is 5.56. The van der Waals surface area contributed by atoms with Crippen molar-refractivity contribution >= 4 is 29.0 Å². The number of thioether (sulfide) groups is 1. The first-order chi connectivity index (χ1) is 9.13. The Morgan fingerprint density at radius 1 is 1.32 bits per heavy atom. The van der Waals surface area contributed by atoms with E-state index in [0.29, 0.717) is 21.8 Å². The Bertz CT molecular complexity index is 734. The van der Waals surface area contributed by atoms with Gasteiger partial charge >= 0.3 is 0 Å². The summed E-state index contributed by atoms with van der Waals surface area (Å²) < 4.78 is 3.37. The Labute approximate surface area is 118 Å². The summed E-state index contributed by atoms with van der Waals surface area (Å²) in [4.78, 5) is 4.49. The lowest BCUT2D eigenvalue weighted by molar-refractivity contribution is 0.825. The van der Waals surface area contributed by atoms with Crippen LogP contribution in [-0.4, -0.2) is 24.3 Å². The number of hydrogen-bond acceptors (Lipinski definition) is 5. The zero-order valence-corrected chi connectivity index (χ0v) is 11.7. The van der Waals surface area contributed by atoms with Crippen molar-refractivity contribution in [1.29, 1.82) is 0 Å². The highest BCUT2D eigenvalue weighted by molar-refractivity contribution is 7.98. The number of pyridine rings is 1. The molecule has 0 unspecified atom stereocenters. The monoisotopic (exact) mass is 294 g/mol. The average Bonchev–Trinajstić information content (AvgIpc) is 2.92. The maximum Gasteiger partial charge on any atom is 0.210 e. The Balaban J connectivity index is 1.80. The molecule has 0 radical (unpaired) electrons. The molecule has 0 amide bonds. The predicted octanol–water partition coefficient (Wildman–Crippen LogP) is 1.89. The van der Waals surface area contributed by atoms with Crippen molar-refractivity contribution in [3.63, 3.8) is 0 Å². The van der Waals surface area contributed by atoms with Crippen LogP contribution >= 0.6 is 23.4 Å². The molecule has 0 fully saturated rings. The van der Waals surface area contributed by atoms with Gasteiger partial charge in [0.25, 0.3) is 0 Å². The van der Waals surface area contributed by atoms with Crippen molar-refractivity contribution in [2.24, 2.45) is 0 Å². The fraction of sp³-hybridized carbons (Fsp3) is 0.182. The third-order valence-electron chi connectivity index (χ3n) is 2.65. The van der Waals surface area contributed by atoms with Crippen LogP contribution in [0.15, 0.2) is 29.7 Å². The van der Waals surface area contributed by atoms with Crippen LogP contribution in [0.2, 0.25) is 5.02 Å². The number of aromatic nitrogens is 5. The van der Waals surface area contributed by atoms with E-state index in [-0.39, 0.29) is 0 Å². The summed E-state index contributed by atoms with van der Waals surface area (Å²) in [7, 11) is 0. The van der Waals surface area contributed by atoms with E-state index in [4.69, 9.17) is 17.4 Å². The van der Waals surface area contributed by atoms with E-state index in [2.05, 4.69) is 15.2 Å². The standard InChI is InChI=1S/C11H11ClN6S/c1-7-15-16-11(18(7)13)19-6-9-5-17-4-8(12)2-3-10(17)14-9/h2-5H,6,13H2,1H3. The molecule has 6 nitrogen and oxygen atoms in total. The van der Waals surface area contributed by atoms with Gasteiger partial charge in [-0.1, -0.05) is 23.4 Å². The summed E-state index contributed by atoms with van der Waals surface area (Å²) in [6.45, 7) is 1.81. The van der Waals surface area contributed by atoms with Crippen LogP contribution in [0.4, 0.5) is 0 Å². The molecule has 3 heterocycles. The summed E-state index contributed by atoms with van der Waals surface area (Å²) in [5.74, 6) is 7.15. The number of halogens is 1. The Hall–Kier alpha value is -1.73. The Morgan fingerprint density at radius 2 is 2.16 bits per heavy atom. The Kier molecular flexibility index (Phi) is 3.08. The molecule has 3 aromatic rings. The van der Waals surface area contributed by atoms with Crippen LogP contribution in [0, 0.1) is 6.92 Å². The zero-order valence-electron chi connectivity index (χ0n) is 10.1. The minimum atomic E-state index is 0.674. The third-order valence-corrected chi connectivity index (χ3v) is 3.85. The summed E-state index contributed by atoms with van der Waals surface area (Å²) in [6, 6.07) is 3.70. The van der Waals surface area contributed by atoms with Crippen molar-refractivity contribution in [3.8, 4) is 0 Å². The fourth-order valence-corrected chi connectivity index (χ4v) is 2.63. The summed E-state index contributed by atoms with van der Waals surface area (Å²) in [5.41, 5.74) is 1.80. The van der Waals surface area contributed by atoms with Crippen LogP contribution in [0.1, 0.15) is 11.5 Å². The number of imidazole rings is 1. The largest absolute Gasteiger partial charge is 0.336 e. The molecule has 0 saturated heterocycles. The lowest BCUT2D eigenvalue weighted by atomic mass is 10.5. The number of hydrogen-bond donors (Lipinski definition) is 1. The number of fused-ring (bicyclic) bond motifs is 1. The van der Waals surface area contributed by atoms with E-state index in [1.807, 2.05) is 35.9 Å². The van der Waals surface area contributed by atoms with Gasteiger partial charge in [0, 0.05) is 18.1 Å². The number of nitrogens with zero attached hydrogens (tertiary/aromatic N) is 5. The van der Waals surface area contributed by atoms with E-state index >= 15 is 0 Å². The first kappa shape index (κ1) is 12.3. The van der Waals surface area contributed by atoms with Gasteiger partial charge in [-0.3, -0.25) is 0 Å². The molecule has 2 N–H and O–H groups in total. The number of nitrogen functional groups attached to an aromatic ring is 1. The topological polar surface area (TPSA) is 74.0 Å². The van der Waals surface area contributed by atoms with Crippen LogP contribution < -0.4 is 5.84 Å². The van der Waals surface area contributed by atoms with Crippen molar-refractivity contribution in [2.75, 3.05) is 5.84 Å². The lowest BCUT2D eigenvalue weighted by Gasteiger charge is -1.98. The highest BCUT2D eigenvalue weighted by Gasteiger charge is 2.08. The molecule has 0 aliphatic rings.